The summed E-state index contributed by atoms with van der Waals surface area (Å²) in [5.74, 6) is -4.57. The molecule has 1 heterocycles. The van der Waals surface area contributed by atoms with Gasteiger partial charge in [-0.2, -0.15) is 13.2 Å². The van der Waals surface area contributed by atoms with Crippen LogP contribution in [0.5, 0.6) is 0 Å². The second-order valence-corrected chi connectivity index (χ2v) is 8.60. The largest absolute Gasteiger partial charge is 0.481 e. The van der Waals surface area contributed by atoms with Gasteiger partial charge in [-0.05, 0) is 47.0 Å². The molecule has 2 unspecified atom stereocenters. The number of carbonyl (C=O) groups is 2. The molecule has 0 fully saturated rings. The van der Waals surface area contributed by atoms with Crippen LogP contribution >= 0.6 is 23.2 Å². The maximum Gasteiger partial charge on any atom is 0.419 e. The summed E-state index contributed by atoms with van der Waals surface area (Å²) in [5.41, 5.74) is -0.886. The van der Waals surface area contributed by atoms with Crippen LogP contribution in [-0.4, -0.2) is 21.9 Å². The Bertz CT molecular complexity index is 1300. The number of fused-ring (bicyclic) bond motifs is 1. The van der Waals surface area contributed by atoms with Gasteiger partial charge in [-0.1, -0.05) is 53.5 Å². The number of halogens is 6. The molecule has 1 N–H and O–H groups in total. The number of rotatable bonds is 4. The van der Waals surface area contributed by atoms with Gasteiger partial charge in [-0.25, -0.2) is 4.39 Å². The average molecular weight is 512 g/mol. The fourth-order valence-electron chi connectivity index (χ4n) is 4.21. The van der Waals surface area contributed by atoms with Crippen molar-refractivity contribution >= 4 is 35.1 Å². The summed E-state index contributed by atoms with van der Waals surface area (Å²) >= 11 is 12.4. The van der Waals surface area contributed by atoms with Crippen molar-refractivity contribution < 1.29 is 32.3 Å². The molecule has 0 saturated heterocycles. The molecule has 1 aliphatic rings. The van der Waals surface area contributed by atoms with E-state index in [0.29, 0.717) is 12.1 Å². The van der Waals surface area contributed by atoms with Gasteiger partial charge < -0.3 is 10.0 Å². The lowest BCUT2D eigenvalue weighted by atomic mass is 9.79. The molecule has 0 saturated carbocycles. The molecule has 1 aliphatic heterocycles. The van der Waals surface area contributed by atoms with Crippen molar-refractivity contribution in [1.82, 2.24) is 4.90 Å². The fourth-order valence-corrected chi connectivity index (χ4v) is 4.73. The number of amides is 1. The summed E-state index contributed by atoms with van der Waals surface area (Å²) in [5, 5.41) is 10.5. The van der Waals surface area contributed by atoms with Crippen molar-refractivity contribution in [3.05, 3.63) is 104 Å². The molecule has 0 bridgehead atoms. The summed E-state index contributed by atoms with van der Waals surface area (Å²) in [4.78, 5) is 27.0. The Kier molecular flexibility index (Phi) is 6.31. The van der Waals surface area contributed by atoms with Crippen molar-refractivity contribution in [2.24, 2.45) is 0 Å². The first-order valence-electron chi connectivity index (χ1n) is 9.92. The number of nitrogens with zero attached hydrogens (tertiary/aromatic N) is 1. The van der Waals surface area contributed by atoms with E-state index in [9.17, 15) is 32.3 Å². The van der Waals surface area contributed by atoms with Crippen LogP contribution in [-0.2, 0) is 17.5 Å². The molecule has 4 nitrogen and oxygen atoms in total. The van der Waals surface area contributed by atoms with Crippen molar-refractivity contribution in [1.29, 1.82) is 0 Å². The number of aliphatic carboxylic acids is 1. The topological polar surface area (TPSA) is 57.6 Å². The third kappa shape index (κ3) is 4.35. The Morgan fingerprint density at radius 3 is 2.35 bits per heavy atom. The first-order valence-corrected chi connectivity index (χ1v) is 10.7. The summed E-state index contributed by atoms with van der Waals surface area (Å²) < 4.78 is 53.6. The summed E-state index contributed by atoms with van der Waals surface area (Å²) in [6.45, 7) is -0.413. The minimum Gasteiger partial charge on any atom is -0.481 e. The predicted molar refractivity (Wildman–Crippen MR) is 117 cm³/mol. The number of hydrogen-bond acceptors (Lipinski definition) is 2. The van der Waals surface area contributed by atoms with E-state index in [4.69, 9.17) is 23.2 Å². The highest BCUT2D eigenvalue weighted by Crippen LogP contribution is 2.46. The highest BCUT2D eigenvalue weighted by atomic mass is 35.5. The molecular formula is C24H15Cl2F4NO3. The minimum atomic E-state index is -4.94. The van der Waals surface area contributed by atoms with Crippen molar-refractivity contribution in [2.75, 3.05) is 0 Å². The Morgan fingerprint density at radius 1 is 1.00 bits per heavy atom. The standard InChI is InChI=1S/C24H15Cl2F4NO3/c25-13-6-7-16(18(26)10-13)21-20(23(33)34)14-3-1-2-4-15(14)22(32)31(21)11-12-5-8-19(27)17(9-12)24(28,29)30/h1-10,20-21H,11H2,(H,33,34). The maximum absolute atomic E-state index is 13.8. The lowest BCUT2D eigenvalue weighted by Gasteiger charge is -2.41. The molecule has 0 aliphatic carbocycles. The van der Waals surface area contributed by atoms with Crippen LogP contribution in [0.4, 0.5) is 17.6 Å². The summed E-state index contributed by atoms with van der Waals surface area (Å²) in [7, 11) is 0. The molecule has 2 atom stereocenters. The van der Waals surface area contributed by atoms with Gasteiger partial charge in [0.15, 0.2) is 0 Å². The van der Waals surface area contributed by atoms with Crippen LogP contribution in [0, 0.1) is 5.82 Å². The van der Waals surface area contributed by atoms with E-state index in [1.807, 2.05) is 0 Å². The van der Waals surface area contributed by atoms with E-state index < -0.39 is 47.9 Å². The highest BCUT2D eigenvalue weighted by molar-refractivity contribution is 6.35. The molecule has 4 rings (SSSR count). The van der Waals surface area contributed by atoms with E-state index in [1.165, 1.54) is 30.3 Å². The quantitative estimate of drug-likeness (QED) is 0.395. The van der Waals surface area contributed by atoms with Gasteiger partial charge in [0, 0.05) is 22.2 Å². The number of carboxylic acid groups (broad SMARTS) is 1. The van der Waals surface area contributed by atoms with Crippen molar-refractivity contribution in [2.45, 2.75) is 24.7 Å². The molecule has 176 valence electrons. The van der Waals surface area contributed by atoms with Crippen LogP contribution in [0.15, 0.2) is 60.7 Å². The van der Waals surface area contributed by atoms with Gasteiger partial charge >= 0.3 is 12.1 Å². The van der Waals surface area contributed by atoms with Gasteiger partial charge in [0.1, 0.15) is 11.7 Å². The monoisotopic (exact) mass is 511 g/mol. The zero-order valence-electron chi connectivity index (χ0n) is 17.1. The summed E-state index contributed by atoms with van der Waals surface area (Å²) in [6, 6.07) is 11.7. The predicted octanol–water partition coefficient (Wildman–Crippen LogP) is 6.72. The maximum atomic E-state index is 13.8. The number of alkyl halides is 3. The van der Waals surface area contributed by atoms with Gasteiger partial charge in [0.2, 0.25) is 0 Å². The average Bonchev–Trinajstić information content (AvgIpc) is 2.76. The molecule has 34 heavy (non-hydrogen) atoms. The number of carboxylic acids is 1. The van der Waals surface area contributed by atoms with Crippen LogP contribution in [0.3, 0.4) is 0 Å². The Morgan fingerprint density at radius 2 is 1.71 bits per heavy atom. The number of benzene rings is 3. The van der Waals surface area contributed by atoms with Crippen molar-refractivity contribution in [3.8, 4) is 0 Å². The van der Waals surface area contributed by atoms with Gasteiger partial charge in [0.05, 0.1) is 11.6 Å². The molecule has 0 aromatic heterocycles. The van der Waals surface area contributed by atoms with Gasteiger partial charge in [-0.3, -0.25) is 9.59 Å². The molecular weight excluding hydrogens is 497 g/mol. The first-order chi connectivity index (χ1) is 16.0. The lowest BCUT2D eigenvalue weighted by Crippen LogP contribution is -2.44. The first kappa shape index (κ1) is 24.0. The van der Waals surface area contributed by atoms with Crippen molar-refractivity contribution in [3.63, 3.8) is 0 Å². The Hall–Kier alpha value is -3.10. The molecule has 10 heteroatoms. The van der Waals surface area contributed by atoms with Crippen LogP contribution < -0.4 is 0 Å². The van der Waals surface area contributed by atoms with Crippen LogP contribution in [0.25, 0.3) is 0 Å². The number of hydrogen-bond donors (Lipinski definition) is 1. The second kappa shape index (κ2) is 8.92. The third-order valence-electron chi connectivity index (χ3n) is 5.67. The molecule has 1 amide bonds. The zero-order valence-corrected chi connectivity index (χ0v) is 18.6. The smallest absolute Gasteiger partial charge is 0.419 e. The van der Waals surface area contributed by atoms with E-state index >= 15 is 0 Å². The SMILES string of the molecule is O=C(O)C1c2ccccc2C(=O)N(Cc2ccc(F)c(C(F)(F)F)c2)C1c1ccc(Cl)cc1Cl. The van der Waals surface area contributed by atoms with Crippen LogP contribution in [0.1, 0.15) is 44.6 Å². The van der Waals surface area contributed by atoms with Crippen LogP contribution in [0.2, 0.25) is 10.0 Å². The molecule has 0 spiro atoms. The number of carbonyl (C=O) groups excluding carboxylic acids is 1. The molecule has 0 radical (unpaired) electrons. The highest BCUT2D eigenvalue weighted by Gasteiger charge is 2.45. The van der Waals surface area contributed by atoms with Gasteiger partial charge in [0.25, 0.3) is 5.91 Å². The lowest BCUT2D eigenvalue weighted by molar-refractivity contribution is -0.141. The molecule has 3 aromatic rings. The van der Waals surface area contributed by atoms with E-state index in [-0.39, 0.29) is 32.3 Å². The fraction of sp³-hybridized carbons (Fsp3) is 0.167. The second-order valence-electron chi connectivity index (χ2n) is 7.76. The normalized spacial score (nSPS) is 18.1. The summed E-state index contributed by atoms with van der Waals surface area (Å²) in [6.07, 6.45) is -4.94. The Labute approximate surface area is 201 Å². The van der Waals surface area contributed by atoms with E-state index in [0.717, 1.165) is 11.0 Å². The minimum absolute atomic E-state index is 0.0271. The third-order valence-corrected chi connectivity index (χ3v) is 6.24. The van der Waals surface area contributed by atoms with E-state index in [1.54, 1.807) is 12.1 Å². The van der Waals surface area contributed by atoms with E-state index in [2.05, 4.69) is 0 Å². The zero-order chi connectivity index (χ0) is 24.8. The Balaban J connectivity index is 1.90. The van der Waals surface area contributed by atoms with Gasteiger partial charge in [-0.15, -0.1) is 0 Å². The molecule has 3 aromatic carbocycles.